The van der Waals surface area contributed by atoms with Crippen molar-refractivity contribution in [3.63, 3.8) is 0 Å². The van der Waals surface area contributed by atoms with Gasteiger partial charge in [-0.25, -0.2) is 13.1 Å². The lowest BCUT2D eigenvalue weighted by Gasteiger charge is -2.51. The SMILES string of the molecule is CS(=O)(=O)NCC1CC2CCN1CC2CN1CCCCC1. The first-order chi connectivity index (χ1) is 10.0. The third kappa shape index (κ3) is 4.18. The molecule has 21 heavy (non-hydrogen) atoms. The van der Waals surface area contributed by atoms with Gasteiger partial charge in [0.15, 0.2) is 0 Å². The molecular weight excluding hydrogens is 286 g/mol. The fraction of sp³-hybridized carbons (Fsp3) is 1.00. The van der Waals surface area contributed by atoms with E-state index in [4.69, 9.17) is 0 Å². The first kappa shape index (κ1) is 15.7. The number of hydrogen-bond donors (Lipinski definition) is 1. The molecule has 0 amide bonds. The maximum absolute atomic E-state index is 11.3. The summed E-state index contributed by atoms with van der Waals surface area (Å²) in [5, 5.41) is 0. The van der Waals surface area contributed by atoms with E-state index in [2.05, 4.69) is 14.5 Å². The van der Waals surface area contributed by atoms with Crippen LogP contribution in [0.1, 0.15) is 32.1 Å². The van der Waals surface area contributed by atoms with Crippen LogP contribution in [0.2, 0.25) is 0 Å². The van der Waals surface area contributed by atoms with Crippen molar-refractivity contribution < 1.29 is 8.42 Å². The van der Waals surface area contributed by atoms with Crippen LogP contribution in [0.4, 0.5) is 0 Å². The Morgan fingerprint density at radius 3 is 2.52 bits per heavy atom. The van der Waals surface area contributed by atoms with Crippen LogP contribution in [-0.2, 0) is 10.0 Å². The van der Waals surface area contributed by atoms with Crippen LogP contribution in [0.3, 0.4) is 0 Å². The molecule has 0 saturated carbocycles. The Kier molecular flexibility index (Phi) is 4.88. The summed E-state index contributed by atoms with van der Waals surface area (Å²) < 4.78 is 25.2. The largest absolute Gasteiger partial charge is 0.303 e. The Labute approximate surface area is 129 Å². The number of rotatable bonds is 5. The third-order valence-corrected chi connectivity index (χ3v) is 6.23. The van der Waals surface area contributed by atoms with E-state index < -0.39 is 10.0 Å². The van der Waals surface area contributed by atoms with Crippen LogP contribution in [0.25, 0.3) is 0 Å². The van der Waals surface area contributed by atoms with Gasteiger partial charge in [0.2, 0.25) is 10.0 Å². The first-order valence-corrected chi connectivity index (χ1v) is 10.3. The molecule has 0 radical (unpaired) electrons. The zero-order chi connectivity index (χ0) is 14.9. The van der Waals surface area contributed by atoms with Gasteiger partial charge in [0, 0.05) is 25.7 Å². The Balaban J connectivity index is 1.51. The van der Waals surface area contributed by atoms with Crippen LogP contribution in [-0.4, -0.2) is 69.8 Å². The van der Waals surface area contributed by atoms with Crippen molar-refractivity contribution in [3.05, 3.63) is 0 Å². The molecule has 0 aromatic rings. The lowest BCUT2D eigenvalue weighted by atomic mass is 9.75. The highest BCUT2D eigenvalue weighted by atomic mass is 32.2. The zero-order valence-corrected chi connectivity index (χ0v) is 13.9. The molecule has 1 N–H and O–H groups in total. The van der Waals surface area contributed by atoms with Crippen LogP contribution in [0.15, 0.2) is 0 Å². The minimum atomic E-state index is -3.06. The predicted molar refractivity (Wildman–Crippen MR) is 84.7 cm³/mol. The number of fused-ring (bicyclic) bond motifs is 3. The van der Waals surface area contributed by atoms with E-state index in [1.165, 1.54) is 58.0 Å². The summed E-state index contributed by atoms with van der Waals surface area (Å²) in [7, 11) is -3.06. The van der Waals surface area contributed by atoms with Crippen LogP contribution in [0.5, 0.6) is 0 Å². The van der Waals surface area contributed by atoms with E-state index in [1.54, 1.807) is 0 Å². The van der Waals surface area contributed by atoms with E-state index in [-0.39, 0.29) is 0 Å². The molecule has 4 rings (SSSR count). The molecule has 6 heteroatoms. The topological polar surface area (TPSA) is 52.7 Å². The van der Waals surface area contributed by atoms with Gasteiger partial charge >= 0.3 is 0 Å². The number of likely N-dealkylation sites (tertiary alicyclic amines) is 1. The molecule has 0 aromatic heterocycles. The van der Waals surface area contributed by atoms with E-state index in [0.29, 0.717) is 12.6 Å². The highest BCUT2D eigenvalue weighted by molar-refractivity contribution is 7.88. The summed E-state index contributed by atoms with van der Waals surface area (Å²) in [4.78, 5) is 5.17. The number of piperidine rings is 4. The highest BCUT2D eigenvalue weighted by Gasteiger charge is 2.40. The minimum Gasteiger partial charge on any atom is -0.303 e. The number of nitrogens with zero attached hydrogens (tertiary/aromatic N) is 2. The molecule has 4 saturated heterocycles. The van der Waals surface area contributed by atoms with Crippen molar-refractivity contribution >= 4 is 10.0 Å². The summed E-state index contributed by atoms with van der Waals surface area (Å²) in [5.74, 6) is 1.59. The van der Waals surface area contributed by atoms with Crippen molar-refractivity contribution in [1.82, 2.24) is 14.5 Å². The van der Waals surface area contributed by atoms with E-state index in [1.807, 2.05) is 0 Å². The molecule has 0 spiro atoms. The van der Waals surface area contributed by atoms with E-state index >= 15 is 0 Å². The predicted octanol–water partition coefficient (Wildman–Crippen LogP) is 0.732. The van der Waals surface area contributed by atoms with Crippen molar-refractivity contribution in [1.29, 1.82) is 0 Å². The van der Waals surface area contributed by atoms with Gasteiger partial charge in [-0.3, -0.25) is 4.90 Å². The molecule has 4 heterocycles. The van der Waals surface area contributed by atoms with Crippen molar-refractivity contribution in [3.8, 4) is 0 Å². The van der Waals surface area contributed by atoms with Crippen LogP contribution >= 0.6 is 0 Å². The van der Waals surface area contributed by atoms with Gasteiger partial charge in [-0.2, -0.15) is 0 Å². The monoisotopic (exact) mass is 315 g/mol. The average Bonchev–Trinajstić information content (AvgIpc) is 2.46. The normalized spacial score (nSPS) is 37.8. The van der Waals surface area contributed by atoms with Gasteiger partial charge in [0.05, 0.1) is 6.26 Å². The number of sulfonamides is 1. The van der Waals surface area contributed by atoms with Gasteiger partial charge in [-0.05, 0) is 57.2 Å². The average molecular weight is 315 g/mol. The van der Waals surface area contributed by atoms with Crippen LogP contribution in [0, 0.1) is 11.8 Å². The Morgan fingerprint density at radius 1 is 1.14 bits per heavy atom. The molecule has 4 atom stereocenters. The first-order valence-electron chi connectivity index (χ1n) is 8.42. The fourth-order valence-corrected chi connectivity index (χ4v) is 4.88. The molecule has 0 aromatic carbocycles. The lowest BCUT2D eigenvalue weighted by Crippen LogP contribution is -2.58. The maximum atomic E-state index is 11.3. The van der Waals surface area contributed by atoms with Crippen molar-refractivity contribution in [2.45, 2.75) is 38.1 Å². The lowest BCUT2D eigenvalue weighted by molar-refractivity contribution is -0.0122. The summed E-state index contributed by atoms with van der Waals surface area (Å²) in [5.41, 5.74) is 0. The standard InChI is InChI=1S/C15H29N3O2S/c1-21(19,20)16-10-15-9-13-5-8-18(15)12-14(13)11-17-6-3-2-4-7-17/h13-16H,2-12H2,1H3. The molecular formula is C15H29N3O2S. The Hall–Kier alpha value is -0.170. The Bertz CT molecular complexity index is 448. The third-order valence-electron chi connectivity index (χ3n) is 5.54. The smallest absolute Gasteiger partial charge is 0.208 e. The van der Waals surface area contributed by atoms with Gasteiger partial charge < -0.3 is 4.90 Å². The van der Waals surface area contributed by atoms with Crippen molar-refractivity contribution in [2.75, 3.05) is 45.5 Å². The van der Waals surface area contributed by atoms with E-state index in [9.17, 15) is 8.42 Å². The maximum Gasteiger partial charge on any atom is 0.208 e. The number of hydrogen-bond acceptors (Lipinski definition) is 4. The highest BCUT2D eigenvalue weighted by Crippen LogP contribution is 2.36. The van der Waals surface area contributed by atoms with Gasteiger partial charge in [-0.1, -0.05) is 6.42 Å². The molecule has 122 valence electrons. The molecule has 4 unspecified atom stereocenters. The summed E-state index contributed by atoms with van der Waals surface area (Å²) in [6, 6.07) is 0.413. The fourth-order valence-electron chi connectivity index (χ4n) is 4.39. The second-order valence-corrected chi connectivity index (χ2v) is 9.01. The van der Waals surface area contributed by atoms with E-state index in [0.717, 1.165) is 24.9 Å². The Morgan fingerprint density at radius 2 is 1.90 bits per heavy atom. The van der Waals surface area contributed by atoms with Gasteiger partial charge in [0.25, 0.3) is 0 Å². The van der Waals surface area contributed by atoms with Gasteiger partial charge in [0.1, 0.15) is 0 Å². The second-order valence-electron chi connectivity index (χ2n) is 7.18. The molecule has 0 aliphatic carbocycles. The second kappa shape index (κ2) is 6.52. The molecule has 4 aliphatic rings. The minimum absolute atomic E-state index is 0.413. The zero-order valence-electron chi connectivity index (χ0n) is 13.1. The molecule has 4 fully saturated rings. The van der Waals surface area contributed by atoms with Gasteiger partial charge in [-0.15, -0.1) is 0 Å². The van der Waals surface area contributed by atoms with Crippen molar-refractivity contribution in [2.24, 2.45) is 11.8 Å². The van der Waals surface area contributed by atoms with Crippen LogP contribution < -0.4 is 4.72 Å². The molecule has 2 bridgehead atoms. The molecule has 5 nitrogen and oxygen atoms in total. The molecule has 4 aliphatic heterocycles. The summed E-state index contributed by atoms with van der Waals surface area (Å²) >= 11 is 0. The summed E-state index contributed by atoms with van der Waals surface area (Å²) in [6.45, 7) is 6.72. The summed E-state index contributed by atoms with van der Waals surface area (Å²) in [6.07, 6.45) is 7.84. The quantitative estimate of drug-likeness (QED) is 0.813. The number of nitrogens with one attached hydrogen (secondary N) is 1.